The number of carboxylic acid groups (broad SMARTS) is 1. The van der Waals surface area contributed by atoms with Crippen LogP contribution in [0.5, 0.6) is 0 Å². The zero-order valence-electron chi connectivity index (χ0n) is 10.4. The normalized spacial score (nSPS) is 12.5. The Morgan fingerprint density at radius 2 is 1.35 bits per heavy atom. The summed E-state index contributed by atoms with van der Waals surface area (Å²) in [6, 6.07) is 0. The molecule has 0 saturated carbocycles. The number of hydrogen-bond acceptors (Lipinski definition) is 5. The lowest BCUT2D eigenvalue weighted by atomic mass is 9.95. The number of rotatable bonds is 3. The average molecular weight is 246 g/mol. The molecule has 0 aliphatic rings. The fraction of sp³-hybridized carbons (Fsp3) is 0.545. The molecule has 0 rings (SSSR count). The summed E-state index contributed by atoms with van der Waals surface area (Å²) >= 11 is 0. The van der Waals surface area contributed by atoms with E-state index in [0.717, 1.165) is 0 Å². The number of hydrogen-bond donors (Lipinski definition) is 2. The number of allylic oxidation sites excluding steroid dienone is 1. The quantitative estimate of drug-likeness (QED) is 0.444. The minimum atomic E-state index is -0.914. The van der Waals surface area contributed by atoms with Crippen LogP contribution in [0.15, 0.2) is 12.3 Å². The Labute approximate surface area is 99.9 Å². The first-order valence-corrected chi connectivity index (χ1v) is 4.89. The fourth-order valence-electron chi connectivity index (χ4n) is 0.705. The van der Waals surface area contributed by atoms with Crippen molar-refractivity contribution in [1.82, 2.24) is 0 Å². The van der Waals surface area contributed by atoms with Crippen LogP contribution >= 0.6 is 0 Å². The van der Waals surface area contributed by atoms with E-state index >= 15 is 0 Å². The van der Waals surface area contributed by atoms with E-state index in [1.54, 1.807) is 6.92 Å². The van der Waals surface area contributed by atoms with Crippen LogP contribution in [-0.4, -0.2) is 28.1 Å². The summed E-state index contributed by atoms with van der Waals surface area (Å²) in [4.78, 5) is 29.9. The number of carbonyl (C=O) groups is 3. The van der Waals surface area contributed by atoms with Gasteiger partial charge in [-0.05, 0) is 0 Å². The third-order valence-electron chi connectivity index (χ3n) is 1.95. The van der Waals surface area contributed by atoms with Gasteiger partial charge in [-0.15, -0.1) is 0 Å². The third-order valence-corrected chi connectivity index (χ3v) is 1.95. The largest absolute Gasteiger partial charge is 0.513 e. The maximum atomic E-state index is 10.3. The lowest BCUT2D eigenvalue weighted by molar-refractivity contribution is -0.156. The van der Waals surface area contributed by atoms with Crippen molar-refractivity contribution in [1.29, 1.82) is 0 Å². The van der Waals surface area contributed by atoms with Gasteiger partial charge in [-0.1, -0.05) is 20.4 Å². The molecule has 0 amide bonds. The minimum Gasteiger partial charge on any atom is -0.513 e. The second kappa shape index (κ2) is 8.32. The maximum Gasteiger partial charge on any atom is 0.310 e. The van der Waals surface area contributed by atoms with Gasteiger partial charge in [0.05, 0.1) is 11.7 Å². The molecule has 2 N–H and O–H groups in total. The van der Waals surface area contributed by atoms with Gasteiger partial charge in [0.25, 0.3) is 0 Å². The Balaban J connectivity index is 0. The summed E-state index contributed by atoms with van der Waals surface area (Å²) in [7, 11) is 0. The molecule has 0 aromatic carbocycles. The van der Waals surface area contributed by atoms with E-state index in [1.807, 2.05) is 0 Å². The number of aliphatic carboxylic acids is 1. The third kappa shape index (κ3) is 10.4. The highest BCUT2D eigenvalue weighted by atomic mass is 16.6. The Bertz CT molecular complexity index is 277. The van der Waals surface area contributed by atoms with Crippen molar-refractivity contribution in [2.24, 2.45) is 11.8 Å². The Morgan fingerprint density at radius 3 is 1.41 bits per heavy atom. The van der Waals surface area contributed by atoms with Gasteiger partial charge >= 0.3 is 17.9 Å². The van der Waals surface area contributed by atoms with Crippen molar-refractivity contribution in [2.75, 3.05) is 0 Å². The van der Waals surface area contributed by atoms with Crippen LogP contribution in [0, 0.1) is 11.8 Å². The van der Waals surface area contributed by atoms with Gasteiger partial charge in [0.15, 0.2) is 0 Å². The monoisotopic (exact) mass is 246 g/mol. The minimum absolute atomic E-state index is 0.0742. The van der Waals surface area contributed by atoms with Gasteiger partial charge in [0, 0.05) is 19.8 Å². The molecule has 0 fully saturated rings. The molecule has 6 heteroatoms. The Kier molecular flexibility index (Phi) is 8.58. The zero-order valence-corrected chi connectivity index (χ0v) is 10.4. The molecule has 2 atom stereocenters. The van der Waals surface area contributed by atoms with Crippen molar-refractivity contribution >= 4 is 17.9 Å². The molecule has 0 aliphatic heterocycles. The van der Waals surface area contributed by atoms with Crippen molar-refractivity contribution in [3.63, 3.8) is 0 Å². The van der Waals surface area contributed by atoms with Crippen molar-refractivity contribution in [2.45, 2.75) is 27.7 Å². The predicted molar refractivity (Wildman–Crippen MR) is 60.2 cm³/mol. The zero-order chi connectivity index (χ0) is 14.2. The summed E-state index contributed by atoms with van der Waals surface area (Å²) < 4.78 is 3.97. The van der Waals surface area contributed by atoms with Gasteiger partial charge in [-0.3, -0.25) is 14.4 Å². The highest BCUT2D eigenvalue weighted by molar-refractivity contribution is 5.82. The molecule has 0 aliphatic carbocycles. The highest BCUT2D eigenvalue weighted by Gasteiger charge is 2.20. The van der Waals surface area contributed by atoms with Crippen LogP contribution in [0.4, 0.5) is 0 Å². The van der Waals surface area contributed by atoms with Crippen LogP contribution < -0.4 is 0 Å². The van der Waals surface area contributed by atoms with Gasteiger partial charge in [-0.2, -0.15) is 0 Å². The molecule has 0 spiro atoms. The summed E-state index contributed by atoms with van der Waals surface area (Å²) in [6.07, 6.45) is 0. The lowest BCUT2D eigenvalue weighted by Crippen LogP contribution is -2.19. The van der Waals surface area contributed by atoms with E-state index < -0.39 is 23.8 Å². The summed E-state index contributed by atoms with van der Waals surface area (Å²) in [5.74, 6) is -3.06. The Morgan fingerprint density at radius 1 is 1.00 bits per heavy atom. The molecule has 0 aromatic rings. The molecule has 0 saturated heterocycles. The van der Waals surface area contributed by atoms with Gasteiger partial charge in [-0.25, -0.2) is 0 Å². The number of aliphatic hydroxyl groups excluding tert-OH is 1. The fourth-order valence-corrected chi connectivity index (χ4v) is 0.705. The molecule has 6 nitrogen and oxygen atoms in total. The summed E-state index contributed by atoms with van der Waals surface area (Å²) in [5.41, 5.74) is 0. The molecule has 0 heterocycles. The van der Waals surface area contributed by atoms with E-state index in [4.69, 9.17) is 10.2 Å². The molecular formula is C11H18O6. The van der Waals surface area contributed by atoms with Gasteiger partial charge in [0.2, 0.25) is 0 Å². The molecule has 2 unspecified atom stereocenters. The van der Waals surface area contributed by atoms with E-state index in [9.17, 15) is 14.4 Å². The summed E-state index contributed by atoms with van der Waals surface area (Å²) in [5, 5.41) is 17.2. The van der Waals surface area contributed by atoms with Crippen LogP contribution in [0.25, 0.3) is 0 Å². The molecule has 98 valence electrons. The molecule has 0 aromatic heterocycles. The number of ether oxygens (including phenoxy) is 1. The molecule has 0 radical (unpaired) electrons. The number of carboxylic acids is 1. The lowest BCUT2D eigenvalue weighted by Gasteiger charge is -2.13. The maximum absolute atomic E-state index is 10.3. The first-order chi connectivity index (χ1) is 7.59. The predicted octanol–water partition coefficient (Wildman–Crippen LogP) is 1.51. The average Bonchev–Trinajstić information content (AvgIpc) is 2.13. The second-order valence-corrected chi connectivity index (χ2v) is 3.49. The topological polar surface area (TPSA) is 101 Å². The van der Waals surface area contributed by atoms with E-state index in [1.165, 1.54) is 20.8 Å². The molecule has 17 heavy (non-hydrogen) atoms. The highest BCUT2D eigenvalue weighted by Crippen LogP contribution is 2.16. The molecular weight excluding hydrogens is 228 g/mol. The SMILES string of the molecule is C=C(O)C(C)C(C)C(=O)O.CC(=O)OC(C)=O. The molecule has 0 bridgehead atoms. The second-order valence-electron chi connectivity index (χ2n) is 3.49. The number of aliphatic hydroxyl groups is 1. The smallest absolute Gasteiger partial charge is 0.310 e. The van der Waals surface area contributed by atoms with Crippen LogP contribution in [-0.2, 0) is 19.1 Å². The standard InChI is InChI=1S/C7H12O3.C4H6O3/c1-4(6(3)8)5(2)7(9)10;1-3(5)7-4(2)6/h4-5,8H,3H2,1-2H3,(H,9,10);1-2H3. The van der Waals surface area contributed by atoms with Crippen molar-refractivity contribution in [3.05, 3.63) is 12.3 Å². The van der Waals surface area contributed by atoms with Crippen LogP contribution in [0.3, 0.4) is 0 Å². The van der Waals surface area contributed by atoms with E-state index in [2.05, 4.69) is 11.3 Å². The first kappa shape index (κ1) is 17.5. The van der Waals surface area contributed by atoms with Crippen molar-refractivity contribution < 1.29 is 29.3 Å². The number of esters is 2. The summed E-state index contributed by atoms with van der Waals surface area (Å²) in [6.45, 7) is 8.78. The van der Waals surface area contributed by atoms with Gasteiger partial charge < -0.3 is 14.9 Å². The number of carbonyl (C=O) groups excluding carboxylic acids is 2. The van der Waals surface area contributed by atoms with E-state index in [-0.39, 0.29) is 11.7 Å². The Hall–Kier alpha value is -1.85. The van der Waals surface area contributed by atoms with Gasteiger partial charge in [0.1, 0.15) is 0 Å². The van der Waals surface area contributed by atoms with Crippen LogP contribution in [0.2, 0.25) is 0 Å². The first-order valence-electron chi connectivity index (χ1n) is 4.89. The van der Waals surface area contributed by atoms with E-state index in [0.29, 0.717) is 0 Å². The van der Waals surface area contributed by atoms with Crippen LogP contribution in [0.1, 0.15) is 27.7 Å². The van der Waals surface area contributed by atoms with Crippen molar-refractivity contribution in [3.8, 4) is 0 Å².